The molecule has 0 aromatic heterocycles. The highest BCUT2D eigenvalue weighted by molar-refractivity contribution is 8.14. The van der Waals surface area contributed by atoms with Gasteiger partial charge in [0.1, 0.15) is 0 Å². The summed E-state index contributed by atoms with van der Waals surface area (Å²) in [4.78, 5) is 1.53. The molecule has 0 nitrogen and oxygen atoms in total. The van der Waals surface area contributed by atoms with Gasteiger partial charge in [-0.15, -0.1) is 0 Å². The monoisotopic (exact) mass is 254 g/mol. The van der Waals surface area contributed by atoms with Crippen LogP contribution in [0.1, 0.15) is 36.5 Å². The molecule has 1 aliphatic rings. The fourth-order valence-corrected chi connectivity index (χ4v) is 4.76. The lowest BCUT2D eigenvalue weighted by atomic mass is 9.90. The first-order valence-electron chi connectivity index (χ1n) is 6.47. The summed E-state index contributed by atoms with van der Waals surface area (Å²) < 4.78 is 0. The van der Waals surface area contributed by atoms with Gasteiger partial charge in [-0.25, -0.2) is 0 Å². The molecule has 1 heteroatoms. The molecule has 2 unspecified atom stereocenters. The maximum absolute atomic E-state index is 2.37. The third-order valence-electron chi connectivity index (χ3n) is 3.79. The molecule has 0 radical (unpaired) electrons. The first kappa shape index (κ1) is 11.7. The van der Waals surface area contributed by atoms with Gasteiger partial charge in [0.25, 0.3) is 0 Å². The van der Waals surface area contributed by atoms with Crippen molar-refractivity contribution >= 4 is 15.9 Å². The fourth-order valence-electron chi connectivity index (χ4n) is 2.79. The van der Waals surface area contributed by atoms with E-state index in [0.29, 0.717) is 5.92 Å². The van der Waals surface area contributed by atoms with E-state index in [1.165, 1.54) is 21.6 Å². The Hall–Kier alpha value is -1.34. The van der Waals surface area contributed by atoms with E-state index in [-0.39, 0.29) is 10.5 Å². The van der Waals surface area contributed by atoms with E-state index in [2.05, 4.69) is 67.7 Å². The topological polar surface area (TPSA) is 0 Å². The van der Waals surface area contributed by atoms with Crippen LogP contribution in [0.4, 0.5) is 0 Å². The predicted octanol–water partition coefficient (Wildman–Crippen LogP) is 4.80. The van der Waals surface area contributed by atoms with Crippen molar-refractivity contribution in [3.05, 3.63) is 65.2 Å². The van der Waals surface area contributed by atoms with Gasteiger partial charge in [-0.2, -0.15) is 10.5 Å². The van der Waals surface area contributed by atoms with Crippen molar-refractivity contribution in [2.45, 2.75) is 30.4 Å². The first-order valence-corrected chi connectivity index (χ1v) is 7.93. The van der Waals surface area contributed by atoms with Crippen LogP contribution in [-0.4, -0.2) is 5.37 Å². The molecule has 2 atom stereocenters. The van der Waals surface area contributed by atoms with Crippen molar-refractivity contribution in [3.8, 4) is 0 Å². The van der Waals surface area contributed by atoms with Crippen LogP contribution in [0.2, 0.25) is 0 Å². The van der Waals surface area contributed by atoms with E-state index in [4.69, 9.17) is 0 Å². The lowest BCUT2D eigenvalue weighted by Crippen LogP contribution is -1.98. The van der Waals surface area contributed by atoms with Crippen LogP contribution in [-0.2, 0) is 5.75 Å². The molecule has 18 heavy (non-hydrogen) atoms. The third-order valence-corrected chi connectivity index (χ3v) is 5.91. The number of benzene rings is 2. The van der Waals surface area contributed by atoms with Gasteiger partial charge in [-0.05, 0) is 29.7 Å². The van der Waals surface area contributed by atoms with Crippen LogP contribution in [0.15, 0.2) is 53.4 Å². The van der Waals surface area contributed by atoms with E-state index in [9.17, 15) is 0 Å². The summed E-state index contributed by atoms with van der Waals surface area (Å²) in [5.41, 5.74) is 4.52. The predicted molar refractivity (Wildman–Crippen MR) is 81.7 cm³/mol. The molecule has 0 N–H and O–H groups in total. The van der Waals surface area contributed by atoms with Gasteiger partial charge in [-0.1, -0.05) is 54.8 Å². The Kier molecular flexibility index (Phi) is 3.09. The summed E-state index contributed by atoms with van der Waals surface area (Å²) in [5.74, 6) is 1.67. The van der Waals surface area contributed by atoms with E-state index >= 15 is 0 Å². The smallest absolute Gasteiger partial charge is 0.0178 e. The standard InChI is InChI=1S/C17H18S/c1-3-18-12-14-8-4-5-9-15(14)13(2)16-10-6-7-11-17(16)18/h3-11,13H,12H2,1-2H3. The Morgan fingerprint density at radius 1 is 1.00 bits per heavy atom. The lowest BCUT2D eigenvalue weighted by molar-refractivity contribution is 0.890. The molecular weight excluding hydrogens is 236 g/mol. The number of rotatable bonds is 0. The zero-order valence-electron chi connectivity index (χ0n) is 10.9. The third kappa shape index (κ3) is 1.83. The van der Waals surface area contributed by atoms with E-state index in [1.807, 2.05) is 0 Å². The van der Waals surface area contributed by atoms with Crippen molar-refractivity contribution in [3.63, 3.8) is 0 Å². The highest BCUT2D eigenvalue weighted by Gasteiger charge is 2.20. The molecule has 2 aromatic carbocycles. The van der Waals surface area contributed by atoms with Crippen LogP contribution in [0.5, 0.6) is 0 Å². The normalized spacial score (nSPS) is 22.1. The second kappa shape index (κ2) is 4.74. The van der Waals surface area contributed by atoms with Crippen molar-refractivity contribution in [2.24, 2.45) is 0 Å². The average Bonchev–Trinajstić information content (AvgIpc) is 2.55. The molecule has 0 amide bonds. The van der Waals surface area contributed by atoms with Gasteiger partial charge < -0.3 is 0 Å². The van der Waals surface area contributed by atoms with Crippen molar-refractivity contribution in [1.82, 2.24) is 0 Å². The maximum Gasteiger partial charge on any atom is 0.0178 e. The molecule has 0 spiro atoms. The average molecular weight is 254 g/mol. The lowest BCUT2D eigenvalue weighted by Gasteiger charge is -2.14. The van der Waals surface area contributed by atoms with Crippen LogP contribution in [0, 0.1) is 0 Å². The van der Waals surface area contributed by atoms with Gasteiger partial charge in [0.15, 0.2) is 0 Å². The molecule has 2 aromatic rings. The second-order valence-corrected chi connectivity index (χ2v) is 6.82. The SMILES string of the molecule is C/C=S1/Cc2ccccc2C(C)c2ccccc21. The molecule has 92 valence electrons. The Balaban J connectivity index is 2.28. The second-order valence-electron chi connectivity index (χ2n) is 4.77. The molecule has 0 saturated carbocycles. The zero-order chi connectivity index (χ0) is 12.5. The molecule has 0 bridgehead atoms. The summed E-state index contributed by atoms with van der Waals surface area (Å²) >= 11 is 0. The Morgan fingerprint density at radius 2 is 1.67 bits per heavy atom. The Morgan fingerprint density at radius 3 is 2.44 bits per heavy atom. The number of fused-ring (bicyclic) bond motifs is 2. The summed E-state index contributed by atoms with van der Waals surface area (Å²) in [6.45, 7) is 4.53. The number of hydrogen-bond donors (Lipinski definition) is 0. The minimum atomic E-state index is 0.249. The van der Waals surface area contributed by atoms with Gasteiger partial charge in [0.2, 0.25) is 0 Å². The molecule has 1 aliphatic heterocycles. The van der Waals surface area contributed by atoms with Crippen molar-refractivity contribution in [1.29, 1.82) is 0 Å². The van der Waals surface area contributed by atoms with E-state index < -0.39 is 0 Å². The highest BCUT2D eigenvalue weighted by atomic mass is 32.2. The largest absolute Gasteiger partial charge is 0.154 e. The quantitative estimate of drug-likeness (QED) is 0.592. The van der Waals surface area contributed by atoms with Crippen LogP contribution >= 0.6 is 10.5 Å². The molecule has 3 rings (SSSR count). The summed E-state index contributed by atoms with van der Waals surface area (Å²) in [6.07, 6.45) is 0. The molecule has 0 aliphatic carbocycles. The van der Waals surface area contributed by atoms with Gasteiger partial charge in [-0.3, -0.25) is 0 Å². The van der Waals surface area contributed by atoms with Crippen molar-refractivity contribution < 1.29 is 0 Å². The van der Waals surface area contributed by atoms with Crippen molar-refractivity contribution in [2.75, 3.05) is 0 Å². The molecule has 0 saturated heterocycles. The molecular formula is C17H18S. The Labute approximate surface area is 112 Å². The summed E-state index contributed by atoms with van der Waals surface area (Å²) in [7, 11) is 0.249. The molecule has 1 heterocycles. The first-order chi connectivity index (χ1) is 8.81. The van der Waals surface area contributed by atoms with Gasteiger partial charge in [0.05, 0.1) is 0 Å². The van der Waals surface area contributed by atoms with Gasteiger partial charge >= 0.3 is 0 Å². The fraction of sp³-hybridized carbons (Fsp3) is 0.235. The van der Waals surface area contributed by atoms with E-state index in [0.717, 1.165) is 5.75 Å². The number of hydrogen-bond acceptors (Lipinski definition) is 0. The summed E-state index contributed by atoms with van der Waals surface area (Å²) in [6, 6.07) is 17.9. The summed E-state index contributed by atoms with van der Waals surface area (Å²) in [5, 5.41) is 2.37. The van der Waals surface area contributed by atoms with E-state index in [1.54, 1.807) is 0 Å². The van der Waals surface area contributed by atoms with Crippen LogP contribution in [0.25, 0.3) is 0 Å². The van der Waals surface area contributed by atoms with Crippen LogP contribution < -0.4 is 0 Å². The Bertz CT molecular complexity index is 611. The minimum absolute atomic E-state index is 0.249. The maximum atomic E-state index is 2.37. The zero-order valence-corrected chi connectivity index (χ0v) is 11.7. The van der Waals surface area contributed by atoms with Gasteiger partial charge in [0, 0.05) is 16.6 Å². The molecule has 0 fully saturated rings. The highest BCUT2D eigenvalue weighted by Crippen LogP contribution is 2.43. The minimum Gasteiger partial charge on any atom is -0.154 e. The van der Waals surface area contributed by atoms with Crippen LogP contribution in [0.3, 0.4) is 0 Å².